The zero-order valence-electron chi connectivity index (χ0n) is 13.9. The Bertz CT molecular complexity index is 908. The Morgan fingerprint density at radius 1 is 1.00 bits per heavy atom. The summed E-state index contributed by atoms with van der Waals surface area (Å²) in [5.41, 5.74) is 2.87. The number of carbonyl (C=O) groups is 1. The molecule has 0 saturated carbocycles. The van der Waals surface area contributed by atoms with Crippen LogP contribution in [0.15, 0.2) is 65.1 Å². The maximum Gasteiger partial charge on any atom is 0.257 e. The van der Waals surface area contributed by atoms with Gasteiger partial charge in [0.1, 0.15) is 11.5 Å². The number of anilines is 1. The van der Waals surface area contributed by atoms with Crippen LogP contribution in [0.2, 0.25) is 0 Å². The van der Waals surface area contributed by atoms with Crippen LogP contribution in [-0.2, 0) is 0 Å². The van der Waals surface area contributed by atoms with E-state index in [9.17, 15) is 4.79 Å². The van der Waals surface area contributed by atoms with Crippen molar-refractivity contribution in [2.75, 3.05) is 5.32 Å². The van der Waals surface area contributed by atoms with E-state index in [1.165, 1.54) is 0 Å². The number of amides is 1. The van der Waals surface area contributed by atoms with Crippen LogP contribution in [0.25, 0.3) is 0 Å². The minimum atomic E-state index is -0.176. The molecule has 0 spiro atoms. The smallest absolute Gasteiger partial charge is 0.257 e. The van der Waals surface area contributed by atoms with Gasteiger partial charge in [-0.2, -0.15) is 0 Å². The second-order valence-electron chi connectivity index (χ2n) is 5.60. The summed E-state index contributed by atoms with van der Waals surface area (Å²) in [4.78, 5) is 16.7. The fourth-order valence-corrected chi connectivity index (χ4v) is 2.75. The third kappa shape index (κ3) is 4.25. The molecule has 0 fully saturated rings. The summed E-state index contributed by atoms with van der Waals surface area (Å²) in [6.45, 7) is 3.73. The molecule has 0 radical (unpaired) electrons. The Morgan fingerprint density at radius 3 is 2.40 bits per heavy atom. The molecule has 0 saturated heterocycles. The molecule has 3 rings (SSSR count). The first kappa shape index (κ1) is 17.2. The maximum atomic E-state index is 12.4. The van der Waals surface area contributed by atoms with Crippen molar-refractivity contribution in [2.45, 2.75) is 13.8 Å². The van der Waals surface area contributed by atoms with E-state index in [1.54, 1.807) is 18.2 Å². The van der Waals surface area contributed by atoms with Gasteiger partial charge in [0.2, 0.25) is 0 Å². The summed E-state index contributed by atoms with van der Waals surface area (Å²) in [5, 5.41) is 2.88. The third-order valence-electron chi connectivity index (χ3n) is 3.65. The van der Waals surface area contributed by atoms with Crippen molar-refractivity contribution >= 4 is 27.5 Å². The molecule has 126 valence electrons. The number of ether oxygens (including phenoxy) is 1. The van der Waals surface area contributed by atoms with Gasteiger partial charge >= 0.3 is 0 Å². The number of aryl methyl sites for hydroxylation is 2. The van der Waals surface area contributed by atoms with E-state index in [0.717, 1.165) is 15.9 Å². The minimum Gasteiger partial charge on any atom is -0.456 e. The molecule has 1 N–H and O–H groups in total. The molecule has 0 bridgehead atoms. The largest absolute Gasteiger partial charge is 0.456 e. The number of nitrogens with zero attached hydrogens (tertiary/aromatic N) is 1. The number of benzene rings is 2. The molecule has 5 heteroatoms. The first-order valence-corrected chi connectivity index (χ1v) is 8.60. The third-order valence-corrected chi connectivity index (χ3v) is 4.30. The van der Waals surface area contributed by atoms with Crippen molar-refractivity contribution < 1.29 is 9.53 Å². The number of carbonyl (C=O) groups excluding carboxylic acids is 1. The molecule has 1 amide bonds. The molecule has 0 unspecified atom stereocenters. The van der Waals surface area contributed by atoms with Crippen LogP contribution < -0.4 is 10.1 Å². The molecule has 0 aliphatic rings. The second-order valence-corrected chi connectivity index (χ2v) is 6.45. The zero-order chi connectivity index (χ0) is 17.8. The van der Waals surface area contributed by atoms with Gasteiger partial charge in [-0.3, -0.25) is 9.78 Å². The lowest BCUT2D eigenvalue weighted by Crippen LogP contribution is -2.14. The monoisotopic (exact) mass is 396 g/mol. The number of pyridine rings is 1. The molecule has 0 aliphatic heterocycles. The summed E-state index contributed by atoms with van der Waals surface area (Å²) >= 11 is 3.45. The molecule has 1 aromatic heterocycles. The highest BCUT2D eigenvalue weighted by Crippen LogP contribution is 2.29. The molecule has 1 heterocycles. The van der Waals surface area contributed by atoms with Crippen molar-refractivity contribution in [3.8, 4) is 11.5 Å². The Hall–Kier alpha value is -2.66. The molecule has 25 heavy (non-hydrogen) atoms. The van der Waals surface area contributed by atoms with Gasteiger partial charge < -0.3 is 10.1 Å². The fraction of sp³-hybridized carbons (Fsp3) is 0.100. The number of nitrogens with one attached hydrogen (secondary N) is 1. The Balaban J connectivity index is 1.70. The van der Waals surface area contributed by atoms with Crippen LogP contribution in [0.1, 0.15) is 21.7 Å². The van der Waals surface area contributed by atoms with E-state index >= 15 is 0 Å². The van der Waals surface area contributed by atoms with E-state index in [-0.39, 0.29) is 5.91 Å². The summed E-state index contributed by atoms with van der Waals surface area (Å²) in [5.74, 6) is 1.25. The summed E-state index contributed by atoms with van der Waals surface area (Å²) < 4.78 is 6.70. The highest BCUT2D eigenvalue weighted by Gasteiger charge is 2.10. The van der Waals surface area contributed by atoms with Crippen LogP contribution in [0.4, 0.5) is 5.69 Å². The van der Waals surface area contributed by atoms with Gasteiger partial charge in [0.05, 0.1) is 15.7 Å². The van der Waals surface area contributed by atoms with Crippen molar-refractivity contribution in [2.24, 2.45) is 0 Å². The van der Waals surface area contributed by atoms with Crippen LogP contribution in [-0.4, -0.2) is 10.9 Å². The van der Waals surface area contributed by atoms with E-state index < -0.39 is 0 Å². The van der Waals surface area contributed by atoms with Gasteiger partial charge in [-0.05, 0) is 78.3 Å². The van der Waals surface area contributed by atoms with E-state index in [0.29, 0.717) is 22.7 Å². The predicted octanol–water partition coefficient (Wildman–Crippen LogP) is 5.51. The van der Waals surface area contributed by atoms with Crippen LogP contribution in [0, 0.1) is 13.8 Å². The Labute approximate surface area is 155 Å². The highest BCUT2D eigenvalue weighted by molar-refractivity contribution is 9.10. The van der Waals surface area contributed by atoms with Crippen LogP contribution >= 0.6 is 15.9 Å². The maximum absolute atomic E-state index is 12.4. The Kier molecular flexibility index (Phi) is 5.14. The van der Waals surface area contributed by atoms with E-state index in [4.69, 9.17) is 4.74 Å². The summed E-state index contributed by atoms with van der Waals surface area (Å²) in [6.07, 6.45) is 0. The Morgan fingerprint density at radius 2 is 1.72 bits per heavy atom. The fourth-order valence-electron chi connectivity index (χ4n) is 2.39. The number of hydrogen-bond donors (Lipinski definition) is 1. The molecule has 0 atom stereocenters. The predicted molar refractivity (Wildman–Crippen MR) is 102 cm³/mol. The molecule has 3 aromatic rings. The van der Waals surface area contributed by atoms with E-state index in [1.807, 2.05) is 56.3 Å². The van der Waals surface area contributed by atoms with Gasteiger partial charge in [0, 0.05) is 11.4 Å². The summed E-state index contributed by atoms with van der Waals surface area (Å²) in [6, 6.07) is 18.5. The molecule has 2 aromatic carbocycles. The minimum absolute atomic E-state index is 0.176. The lowest BCUT2D eigenvalue weighted by Gasteiger charge is -2.10. The SMILES string of the molecule is Cc1ccc(C(=O)Nc2ccc(Oc3ccccc3Br)cc2)c(C)n1. The number of rotatable bonds is 4. The van der Waals surface area contributed by atoms with Gasteiger partial charge in [-0.15, -0.1) is 0 Å². The van der Waals surface area contributed by atoms with Crippen molar-refractivity contribution in [1.29, 1.82) is 0 Å². The van der Waals surface area contributed by atoms with Gasteiger partial charge in [0.15, 0.2) is 0 Å². The molecular weight excluding hydrogens is 380 g/mol. The van der Waals surface area contributed by atoms with Crippen molar-refractivity contribution in [3.63, 3.8) is 0 Å². The average molecular weight is 397 g/mol. The van der Waals surface area contributed by atoms with Crippen molar-refractivity contribution in [1.82, 2.24) is 4.98 Å². The molecule has 0 aliphatic carbocycles. The first-order chi connectivity index (χ1) is 12.0. The number of para-hydroxylation sites is 1. The number of aromatic nitrogens is 1. The topological polar surface area (TPSA) is 51.2 Å². The van der Waals surface area contributed by atoms with Crippen LogP contribution in [0.3, 0.4) is 0 Å². The van der Waals surface area contributed by atoms with Gasteiger partial charge in [-0.1, -0.05) is 12.1 Å². The first-order valence-electron chi connectivity index (χ1n) is 7.81. The standard InChI is InChI=1S/C20H17BrN2O2/c1-13-7-12-17(14(2)22-13)20(24)23-15-8-10-16(11-9-15)25-19-6-4-3-5-18(19)21/h3-12H,1-2H3,(H,23,24). The van der Waals surface area contributed by atoms with Crippen LogP contribution in [0.5, 0.6) is 11.5 Å². The molecular formula is C20H17BrN2O2. The lowest BCUT2D eigenvalue weighted by atomic mass is 10.1. The summed E-state index contributed by atoms with van der Waals surface area (Å²) in [7, 11) is 0. The van der Waals surface area contributed by atoms with Gasteiger partial charge in [-0.25, -0.2) is 0 Å². The zero-order valence-corrected chi connectivity index (χ0v) is 15.5. The van der Waals surface area contributed by atoms with E-state index in [2.05, 4.69) is 26.2 Å². The second kappa shape index (κ2) is 7.49. The quantitative estimate of drug-likeness (QED) is 0.632. The number of halogens is 1. The van der Waals surface area contributed by atoms with Crippen molar-refractivity contribution in [3.05, 3.63) is 82.1 Å². The highest BCUT2D eigenvalue weighted by atomic mass is 79.9. The average Bonchev–Trinajstić information content (AvgIpc) is 2.58. The normalized spacial score (nSPS) is 10.4. The molecule has 4 nitrogen and oxygen atoms in total. The number of hydrogen-bond acceptors (Lipinski definition) is 3. The lowest BCUT2D eigenvalue weighted by molar-refractivity contribution is 0.102. The van der Waals surface area contributed by atoms with Gasteiger partial charge in [0.25, 0.3) is 5.91 Å².